The molecule has 2 aromatic rings. The third kappa shape index (κ3) is 3.07. The molecule has 0 amide bonds. The van der Waals surface area contributed by atoms with E-state index in [4.69, 9.17) is 9.84 Å². The second kappa shape index (κ2) is 5.31. The summed E-state index contributed by atoms with van der Waals surface area (Å²) in [6, 6.07) is 7.22. The van der Waals surface area contributed by atoms with Crippen molar-refractivity contribution in [2.75, 3.05) is 6.61 Å². The van der Waals surface area contributed by atoms with Gasteiger partial charge in [-0.2, -0.15) is 5.10 Å². The van der Waals surface area contributed by atoms with Crippen LogP contribution in [0.2, 0.25) is 0 Å². The Labute approximate surface area is 104 Å². The molecule has 1 aromatic heterocycles. The fraction of sp³-hybridized carbons (Fsp3) is 0.250. The normalized spacial score (nSPS) is 10.3. The van der Waals surface area contributed by atoms with Crippen LogP contribution in [-0.2, 0) is 4.79 Å². The zero-order valence-electron chi connectivity index (χ0n) is 9.91. The molecule has 0 saturated heterocycles. The van der Waals surface area contributed by atoms with Crippen molar-refractivity contribution in [1.82, 2.24) is 14.8 Å². The van der Waals surface area contributed by atoms with Gasteiger partial charge >= 0.3 is 5.97 Å². The van der Waals surface area contributed by atoms with Crippen LogP contribution in [0.15, 0.2) is 30.6 Å². The lowest BCUT2D eigenvalue weighted by atomic mass is 10.3. The number of hydrogen-bond acceptors (Lipinski definition) is 4. The Bertz CT molecular complexity index is 534. The van der Waals surface area contributed by atoms with Crippen molar-refractivity contribution in [3.05, 3.63) is 36.4 Å². The van der Waals surface area contributed by atoms with Gasteiger partial charge in [0.2, 0.25) is 0 Å². The summed E-state index contributed by atoms with van der Waals surface area (Å²) in [5, 5.41) is 12.7. The standard InChI is InChI=1S/C12H13N3O3/c1-9-13-8-15(14-9)10-2-4-11(5-3-10)18-7-6-12(16)17/h2-5,8H,6-7H2,1H3,(H,16,17). The summed E-state index contributed by atoms with van der Waals surface area (Å²) in [6.07, 6.45) is 1.62. The molecule has 0 aliphatic carbocycles. The first-order valence-corrected chi connectivity index (χ1v) is 5.48. The Morgan fingerprint density at radius 3 is 2.67 bits per heavy atom. The van der Waals surface area contributed by atoms with Gasteiger partial charge in [-0.25, -0.2) is 9.67 Å². The molecule has 0 bridgehead atoms. The van der Waals surface area contributed by atoms with Gasteiger partial charge in [0.25, 0.3) is 0 Å². The van der Waals surface area contributed by atoms with E-state index in [1.807, 2.05) is 19.1 Å². The summed E-state index contributed by atoms with van der Waals surface area (Å²) in [4.78, 5) is 14.4. The smallest absolute Gasteiger partial charge is 0.306 e. The minimum atomic E-state index is -0.871. The summed E-state index contributed by atoms with van der Waals surface area (Å²) in [6.45, 7) is 1.98. The first-order chi connectivity index (χ1) is 8.65. The highest BCUT2D eigenvalue weighted by Gasteiger charge is 2.01. The van der Waals surface area contributed by atoms with E-state index >= 15 is 0 Å². The molecule has 18 heavy (non-hydrogen) atoms. The van der Waals surface area contributed by atoms with E-state index in [1.54, 1.807) is 23.1 Å². The molecule has 1 N–H and O–H groups in total. The van der Waals surface area contributed by atoms with Crippen molar-refractivity contribution in [3.63, 3.8) is 0 Å². The fourth-order valence-electron chi connectivity index (χ4n) is 1.42. The first-order valence-electron chi connectivity index (χ1n) is 5.48. The number of benzene rings is 1. The van der Waals surface area contributed by atoms with Gasteiger partial charge in [0, 0.05) is 0 Å². The van der Waals surface area contributed by atoms with Crippen molar-refractivity contribution in [3.8, 4) is 11.4 Å². The average Bonchev–Trinajstić information content (AvgIpc) is 2.76. The van der Waals surface area contributed by atoms with Crippen molar-refractivity contribution >= 4 is 5.97 Å². The number of nitrogens with zero attached hydrogens (tertiary/aromatic N) is 3. The van der Waals surface area contributed by atoms with Gasteiger partial charge in [0.15, 0.2) is 0 Å². The molecule has 6 nitrogen and oxygen atoms in total. The molecule has 0 unspecified atom stereocenters. The maximum atomic E-state index is 10.3. The molecule has 0 aliphatic heterocycles. The molecule has 0 radical (unpaired) electrons. The summed E-state index contributed by atoms with van der Waals surface area (Å²) in [5.74, 6) is 0.471. The van der Waals surface area contributed by atoms with E-state index in [9.17, 15) is 4.79 Å². The van der Waals surface area contributed by atoms with Gasteiger partial charge in [-0.1, -0.05) is 0 Å². The van der Waals surface area contributed by atoms with E-state index in [-0.39, 0.29) is 13.0 Å². The molecule has 0 spiro atoms. The average molecular weight is 247 g/mol. The number of carboxylic acid groups (broad SMARTS) is 1. The van der Waals surface area contributed by atoms with Gasteiger partial charge in [0.1, 0.15) is 17.9 Å². The van der Waals surface area contributed by atoms with Crippen LogP contribution in [0, 0.1) is 6.92 Å². The molecule has 0 aliphatic rings. The Kier molecular flexibility index (Phi) is 3.57. The van der Waals surface area contributed by atoms with E-state index in [1.165, 1.54) is 0 Å². The number of aryl methyl sites for hydroxylation is 1. The van der Waals surface area contributed by atoms with Crippen LogP contribution in [0.5, 0.6) is 5.75 Å². The molecule has 1 heterocycles. The van der Waals surface area contributed by atoms with Crippen LogP contribution in [0.1, 0.15) is 12.2 Å². The maximum absolute atomic E-state index is 10.3. The van der Waals surface area contributed by atoms with Crippen molar-refractivity contribution in [1.29, 1.82) is 0 Å². The van der Waals surface area contributed by atoms with Gasteiger partial charge in [-0.15, -0.1) is 0 Å². The zero-order valence-corrected chi connectivity index (χ0v) is 9.91. The van der Waals surface area contributed by atoms with Crippen molar-refractivity contribution < 1.29 is 14.6 Å². The first kappa shape index (κ1) is 12.1. The van der Waals surface area contributed by atoms with Gasteiger partial charge in [-0.3, -0.25) is 4.79 Å². The predicted molar refractivity (Wildman–Crippen MR) is 63.8 cm³/mol. The largest absolute Gasteiger partial charge is 0.493 e. The molecule has 1 aromatic carbocycles. The lowest BCUT2D eigenvalue weighted by Gasteiger charge is -2.05. The monoisotopic (exact) mass is 247 g/mol. The Hall–Kier alpha value is -2.37. The highest BCUT2D eigenvalue weighted by atomic mass is 16.5. The minimum absolute atomic E-state index is 0.00990. The number of rotatable bonds is 5. The van der Waals surface area contributed by atoms with Gasteiger partial charge in [-0.05, 0) is 31.2 Å². The Balaban J connectivity index is 1.99. The number of aliphatic carboxylic acids is 1. The molecule has 2 rings (SSSR count). The Morgan fingerprint density at radius 1 is 1.39 bits per heavy atom. The molecule has 94 valence electrons. The summed E-state index contributed by atoms with van der Waals surface area (Å²) in [7, 11) is 0. The summed E-state index contributed by atoms with van der Waals surface area (Å²) >= 11 is 0. The third-order valence-corrected chi connectivity index (χ3v) is 2.29. The molecular weight excluding hydrogens is 234 g/mol. The number of hydrogen-bond donors (Lipinski definition) is 1. The quantitative estimate of drug-likeness (QED) is 0.864. The zero-order chi connectivity index (χ0) is 13.0. The van der Waals surface area contributed by atoms with Crippen LogP contribution >= 0.6 is 0 Å². The third-order valence-electron chi connectivity index (χ3n) is 2.29. The second-order valence-electron chi connectivity index (χ2n) is 3.72. The second-order valence-corrected chi connectivity index (χ2v) is 3.72. The van der Waals surface area contributed by atoms with Crippen LogP contribution < -0.4 is 4.74 Å². The predicted octanol–water partition coefficient (Wildman–Crippen LogP) is 1.43. The molecular formula is C12H13N3O3. The van der Waals surface area contributed by atoms with Crippen LogP contribution in [0.3, 0.4) is 0 Å². The van der Waals surface area contributed by atoms with Gasteiger partial charge < -0.3 is 9.84 Å². The highest BCUT2D eigenvalue weighted by molar-refractivity contribution is 5.66. The van der Waals surface area contributed by atoms with E-state index in [0.717, 1.165) is 5.69 Å². The van der Waals surface area contributed by atoms with E-state index < -0.39 is 5.97 Å². The lowest BCUT2D eigenvalue weighted by molar-refractivity contribution is -0.137. The number of ether oxygens (including phenoxy) is 1. The van der Waals surface area contributed by atoms with E-state index in [0.29, 0.717) is 11.6 Å². The summed E-state index contributed by atoms with van der Waals surface area (Å²) < 4.78 is 6.95. The van der Waals surface area contributed by atoms with E-state index in [2.05, 4.69) is 10.1 Å². The number of carbonyl (C=O) groups is 1. The maximum Gasteiger partial charge on any atom is 0.306 e. The topological polar surface area (TPSA) is 77.2 Å². The minimum Gasteiger partial charge on any atom is -0.493 e. The lowest BCUT2D eigenvalue weighted by Crippen LogP contribution is -2.04. The van der Waals surface area contributed by atoms with Crippen LogP contribution in [-0.4, -0.2) is 32.4 Å². The van der Waals surface area contributed by atoms with Crippen LogP contribution in [0.25, 0.3) is 5.69 Å². The van der Waals surface area contributed by atoms with Crippen molar-refractivity contribution in [2.24, 2.45) is 0 Å². The molecule has 0 fully saturated rings. The highest BCUT2D eigenvalue weighted by Crippen LogP contribution is 2.14. The SMILES string of the molecule is Cc1ncn(-c2ccc(OCCC(=O)O)cc2)n1. The Morgan fingerprint density at radius 2 is 2.11 bits per heavy atom. The fourth-order valence-corrected chi connectivity index (χ4v) is 1.42. The molecule has 0 atom stereocenters. The number of aromatic nitrogens is 3. The number of carboxylic acids is 1. The molecule has 0 saturated carbocycles. The van der Waals surface area contributed by atoms with Gasteiger partial charge in [0.05, 0.1) is 18.7 Å². The molecule has 6 heteroatoms. The summed E-state index contributed by atoms with van der Waals surface area (Å²) in [5.41, 5.74) is 0.876. The van der Waals surface area contributed by atoms with Crippen molar-refractivity contribution in [2.45, 2.75) is 13.3 Å². The van der Waals surface area contributed by atoms with Crippen LogP contribution in [0.4, 0.5) is 0 Å².